The zero-order valence-corrected chi connectivity index (χ0v) is 16.9. The molecule has 3 atom stereocenters. The van der Waals surface area contributed by atoms with Crippen LogP contribution < -0.4 is 16.0 Å². The summed E-state index contributed by atoms with van der Waals surface area (Å²) in [6, 6.07) is 0.212. The molecule has 3 N–H and O–H groups in total. The highest BCUT2D eigenvalue weighted by Gasteiger charge is 2.43. The third-order valence-corrected chi connectivity index (χ3v) is 5.96. The number of thiocarbonyl (C=S) groups is 1. The molecular weight excluding hydrogens is 366 g/mol. The zero-order chi connectivity index (χ0) is 19.2. The van der Waals surface area contributed by atoms with Crippen molar-refractivity contribution < 1.29 is 14.3 Å². The lowest BCUT2D eigenvalue weighted by molar-refractivity contribution is -0.131. The summed E-state index contributed by atoms with van der Waals surface area (Å²) in [5, 5.41) is 10.0. The monoisotopic (exact) mass is 397 g/mol. The van der Waals surface area contributed by atoms with Crippen molar-refractivity contribution in [2.45, 2.75) is 50.2 Å². The van der Waals surface area contributed by atoms with E-state index in [1.807, 2.05) is 4.90 Å². The van der Waals surface area contributed by atoms with Gasteiger partial charge in [-0.15, -0.1) is 0 Å². The molecule has 0 radical (unpaired) electrons. The summed E-state index contributed by atoms with van der Waals surface area (Å²) in [6.45, 7) is 4.43. The second-order valence-corrected chi connectivity index (χ2v) is 7.97. The molecule has 0 aromatic heterocycles. The second-order valence-electron chi connectivity index (χ2n) is 7.56. The highest BCUT2D eigenvalue weighted by atomic mass is 32.1. The van der Waals surface area contributed by atoms with Gasteiger partial charge in [0.25, 0.3) is 0 Å². The van der Waals surface area contributed by atoms with Crippen LogP contribution in [0.3, 0.4) is 0 Å². The van der Waals surface area contributed by atoms with Crippen molar-refractivity contribution in [2.24, 2.45) is 0 Å². The molecule has 3 unspecified atom stereocenters. The lowest BCUT2D eigenvalue weighted by atomic mass is 10.0. The summed E-state index contributed by atoms with van der Waals surface area (Å²) >= 11 is 5.33. The minimum Gasteiger partial charge on any atom is -0.383 e. The fourth-order valence-corrected chi connectivity index (χ4v) is 4.53. The van der Waals surface area contributed by atoms with Crippen LogP contribution in [0, 0.1) is 0 Å². The average Bonchev–Trinajstić information content (AvgIpc) is 3.31. The summed E-state index contributed by atoms with van der Waals surface area (Å²) in [5.41, 5.74) is 0. The van der Waals surface area contributed by atoms with Crippen molar-refractivity contribution in [1.82, 2.24) is 25.8 Å². The number of hydrogen-bond donors (Lipinski definition) is 3. The molecule has 27 heavy (non-hydrogen) atoms. The van der Waals surface area contributed by atoms with Crippen LogP contribution in [-0.2, 0) is 14.3 Å². The Morgan fingerprint density at radius 3 is 2.89 bits per heavy atom. The molecule has 8 nitrogen and oxygen atoms in total. The van der Waals surface area contributed by atoms with Gasteiger partial charge in [-0.05, 0) is 37.9 Å². The van der Waals surface area contributed by atoms with Gasteiger partial charge in [0.2, 0.25) is 11.8 Å². The first-order chi connectivity index (χ1) is 13.1. The molecule has 0 spiro atoms. The van der Waals surface area contributed by atoms with Crippen molar-refractivity contribution >= 4 is 29.1 Å². The van der Waals surface area contributed by atoms with Crippen LogP contribution in [0.2, 0.25) is 0 Å². The molecule has 0 aliphatic carbocycles. The lowest BCUT2D eigenvalue weighted by Crippen LogP contribution is -2.58. The Bertz CT molecular complexity index is 555. The first-order valence-electron chi connectivity index (χ1n) is 9.93. The fraction of sp³-hybridized carbons (Fsp3) is 0.833. The van der Waals surface area contributed by atoms with Crippen molar-refractivity contribution in [2.75, 3.05) is 46.4 Å². The van der Waals surface area contributed by atoms with Crippen LogP contribution in [0.15, 0.2) is 0 Å². The summed E-state index contributed by atoms with van der Waals surface area (Å²) in [6.07, 6.45) is 4.30. The molecule has 3 fully saturated rings. The number of nitrogens with zero attached hydrogens (tertiary/aromatic N) is 2. The van der Waals surface area contributed by atoms with Crippen LogP contribution in [0.4, 0.5) is 0 Å². The predicted molar refractivity (Wildman–Crippen MR) is 106 cm³/mol. The van der Waals surface area contributed by atoms with E-state index in [4.69, 9.17) is 17.0 Å². The van der Waals surface area contributed by atoms with Gasteiger partial charge in [-0.1, -0.05) is 0 Å². The van der Waals surface area contributed by atoms with Gasteiger partial charge in [-0.3, -0.25) is 14.5 Å². The van der Waals surface area contributed by atoms with E-state index in [-0.39, 0.29) is 29.9 Å². The van der Waals surface area contributed by atoms with Crippen molar-refractivity contribution in [3.8, 4) is 0 Å². The third kappa shape index (κ3) is 5.30. The molecule has 3 heterocycles. The van der Waals surface area contributed by atoms with Crippen LogP contribution in [-0.4, -0.2) is 91.3 Å². The maximum absolute atomic E-state index is 12.4. The van der Waals surface area contributed by atoms with Gasteiger partial charge in [0.15, 0.2) is 5.11 Å². The highest BCUT2D eigenvalue weighted by molar-refractivity contribution is 7.80. The Kier molecular flexibility index (Phi) is 7.26. The van der Waals surface area contributed by atoms with Gasteiger partial charge in [-0.2, -0.15) is 0 Å². The Balaban J connectivity index is 1.49. The number of rotatable bonds is 7. The summed E-state index contributed by atoms with van der Waals surface area (Å²) in [4.78, 5) is 28.9. The summed E-state index contributed by atoms with van der Waals surface area (Å²) < 4.78 is 5.01. The quantitative estimate of drug-likeness (QED) is 0.392. The first-order valence-corrected chi connectivity index (χ1v) is 10.3. The molecule has 3 aliphatic heterocycles. The summed E-state index contributed by atoms with van der Waals surface area (Å²) in [5.74, 6) is 0.332. The number of carbonyl (C=O) groups excluding carboxylic acids is 2. The molecule has 3 rings (SSSR count). The van der Waals surface area contributed by atoms with Crippen LogP contribution in [0.1, 0.15) is 32.1 Å². The van der Waals surface area contributed by atoms with E-state index in [1.54, 1.807) is 7.11 Å². The highest BCUT2D eigenvalue weighted by Crippen LogP contribution is 2.26. The minimum atomic E-state index is -0.134. The maximum Gasteiger partial charge on any atom is 0.237 e. The SMILES string of the molecule is COCCNC(=S)NC1CC2C(=O)NCC(CCC(=O)N3CCCC3)N2C1. The molecule has 0 aromatic carbocycles. The molecule has 0 saturated carbocycles. The van der Waals surface area contributed by atoms with Gasteiger partial charge in [-0.25, -0.2) is 0 Å². The molecule has 3 saturated heterocycles. The minimum absolute atomic E-state index is 0.0830. The van der Waals surface area contributed by atoms with E-state index < -0.39 is 0 Å². The van der Waals surface area contributed by atoms with Gasteiger partial charge < -0.3 is 25.6 Å². The molecule has 152 valence electrons. The van der Waals surface area contributed by atoms with E-state index in [2.05, 4.69) is 20.9 Å². The summed E-state index contributed by atoms with van der Waals surface area (Å²) in [7, 11) is 1.65. The standard InChI is InChI=1S/C18H31N5O3S/c1-26-9-6-19-18(27)21-13-10-15-17(25)20-11-14(23(15)12-13)4-5-16(24)22-7-2-3-8-22/h13-15H,2-12H2,1H3,(H,20,25)(H2,19,21,27). The number of ether oxygens (including phenoxy) is 1. The number of methoxy groups -OCH3 is 1. The Morgan fingerprint density at radius 1 is 1.37 bits per heavy atom. The lowest BCUT2D eigenvalue weighted by Gasteiger charge is -2.37. The number of piperazine rings is 1. The number of hydrogen-bond acceptors (Lipinski definition) is 5. The molecule has 0 aromatic rings. The van der Waals surface area contributed by atoms with E-state index in [0.717, 1.165) is 45.3 Å². The van der Waals surface area contributed by atoms with E-state index in [1.165, 1.54) is 0 Å². The van der Waals surface area contributed by atoms with Gasteiger partial charge in [0.05, 0.1) is 12.6 Å². The number of nitrogens with one attached hydrogen (secondary N) is 3. The van der Waals surface area contributed by atoms with Gasteiger partial charge in [0.1, 0.15) is 0 Å². The number of amides is 2. The predicted octanol–water partition coefficient (Wildman–Crippen LogP) is -0.559. The number of carbonyl (C=O) groups is 2. The van der Waals surface area contributed by atoms with E-state index in [0.29, 0.717) is 31.2 Å². The van der Waals surface area contributed by atoms with Crippen molar-refractivity contribution in [1.29, 1.82) is 0 Å². The fourth-order valence-electron chi connectivity index (χ4n) is 4.27. The maximum atomic E-state index is 12.4. The smallest absolute Gasteiger partial charge is 0.237 e. The first kappa shape index (κ1) is 20.3. The van der Waals surface area contributed by atoms with Crippen LogP contribution in [0.5, 0.6) is 0 Å². The van der Waals surface area contributed by atoms with E-state index in [9.17, 15) is 9.59 Å². The Morgan fingerprint density at radius 2 is 2.15 bits per heavy atom. The number of likely N-dealkylation sites (tertiary alicyclic amines) is 1. The van der Waals surface area contributed by atoms with Gasteiger partial charge >= 0.3 is 0 Å². The normalized spacial score (nSPS) is 28.0. The van der Waals surface area contributed by atoms with Gasteiger partial charge in [0, 0.05) is 58.3 Å². The second kappa shape index (κ2) is 9.66. The molecular formula is C18H31N5O3S. The largest absolute Gasteiger partial charge is 0.383 e. The molecule has 3 aliphatic rings. The zero-order valence-electron chi connectivity index (χ0n) is 16.0. The third-order valence-electron chi connectivity index (χ3n) is 5.70. The Labute approximate surface area is 166 Å². The van der Waals surface area contributed by atoms with E-state index >= 15 is 0 Å². The molecule has 9 heteroatoms. The number of fused-ring (bicyclic) bond motifs is 1. The molecule has 0 bridgehead atoms. The van der Waals surface area contributed by atoms with Crippen LogP contribution >= 0.6 is 12.2 Å². The van der Waals surface area contributed by atoms with Crippen molar-refractivity contribution in [3.05, 3.63) is 0 Å². The molecule has 2 amide bonds. The average molecular weight is 398 g/mol. The topological polar surface area (TPSA) is 85.9 Å². The van der Waals surface area contributed by atoms with Crippen molar-refractivity contribution in [3.63, 3.8) is 0 Å². The van der Waals surface area contributed by atoms with Crippen LogP contribution in [0.25, 0.3) is 0 Å². The Hall–Kier alpha value is -1.45.